The van der Waals surface area contributed by atoms with Crippen molar-refractivity contribution in [3.63, 3.8) is 0 Å². The summed E-state index contributed by atoms with van der Waals surface area (Å²) in [5.74, 6) is 0.387. The molecular weight excluding hydrogens is 354 g/mol. The van der Waals surface area contributed by atoms with E-state index in [2.05, 4.69) is 16.0 Å². The molecule has 6 nitrogen and oxygen atoms in total. The highest BCUT2D eigenvalue weighted by Crippen LogP contribution is 2.16. The number of carbonyl (C=O) groups is 1. The molecule has 0 aliphatic carbocycles. The van der Waals surface area contributed by atoms with Gasteiger partial charge in [-0.1, -0.05) is 19.3 Å². The number of nitriles is 1. The molecule has 28 heavy (non-hydrogen) atoms. The Bertz CT molecular complexity index is 752. The molecule has 2 aromatic rings. The summed E-state index contributed by atoms with van der Waals surface area (Å²) >= 11 is 0. The van der Waals surface area contributed by atoms with Crippen molar-refractivity contribution in [1.82, 2.24) is 9.97 Å². The molecular formula is C22H27N3O3. The fraction of sp³-hybridized carbons (Fsp3) is 0.455. The highest BCUT2D eigenvalue weighted by molar-refractivity contribution is 5.70. The number of ether oxygens (including phenoxy) is 2. The van der Waals surface area contributed by atoms with Crippen molar-refractivity contribution >= 4 is 5.97 Å². The zero-order valence-electron chi connectivity index (χ0n) is 16.4. The van der Waals surface area contributed by atoms with Gasteiger partial charge in [0.2, 0.25) is 0 Å². The second kappa shape index (κ2) is 12.6. The molecule has 1 aromatic carbocycles. The number of aromatic nitrogens is 2. The van der Waals surface area contributed by atoms with Crippen LogP contribution in [0.4, 0.5) is 0 Å². The van der Waals surface area contributed by atoms with Gasteiger partial charge in [-0.2, -0.15) is 5.26 Å². The maximum absolute atomic E-state index is 11.3. The van der Waals surface area contributed by atoms with E-state index in [9.17, 15) is 4.79 Å². The average Bonchev–Trinajstić information content (AvgIpc) is 2.74. The van der Waals surface area contributed by atoms with Gasteiger partial charge in [-0.15, -0.1) is 0 Å². The number of carbonyl (C=O) groups excluding carboxylic acids is 1. The number of benzene rings is 1. The van der Waals surface area contributed by atoms with Crippen LogP contribution in [0.15, 0.2) is 36.7 Å². The van der Waals surface area contributed by atoms with Crippen molar-refractivity contribution in [2.75, 3.05) is 19.8 Å². The normalized spacial score (nSPS) is 10.4. The summed E-state index contributed by atoms with van der Waals surface area (Å²) in [5.41, 5.74) is 2.67. The van der Waals surface area contributed by atoms with Crippen LogP contribution in [-0.4, -0.2) is 35.8 Å². The van der Waals surface area contributed by atoms with Crippen LogP contribution in [0.5, 0.6) is 0 Å². The minimum Gasteiger partial charge on any atom is -0.464 e. The molecule has 0 atom stereocenters. The maximum Gasteiger partial charge on any atom is 0.332 e. The van der Waals surface area contributed by atoms with Gasteiger partial charge in [-0.3, -0.25) is 0 Å². The van der Waals surface area contributed by atoms with Crippen LogP contribution in [0.25, 0.3) is 11.4 Å². The van der Waals surface area contributed by atoms with Gasteiger partial charge in [0.05, 0.1) is 18.2 Å². The molecule has 148 valence electrons. The lowest BCUT2D eigenvalue weighted by molar-refractivity contribution is -0.148. The molecule has 6 heteroatoms. The van der Waals surface area contributed by atoms with Crippen molar-refractivity contribution in [2.45, 2.75) is 45.4 Å². The number of hydrogen-bond acceptors (Lipinski definition) is 6. The Morgan fingerprint density at radius 2 is 1.71 bits per heavy atom. The molecule has 0 radical (unpaired) electrons. The predicted octanol–water partition coefficient (Wildman–Crippen LogP) is 4.09. The summed E-state index contributed by atoms with van der Waals surface area (Å²) in [6.45, 7) is 2.89. The molecule has 1 aromatic heterocycles. The fourth-order valence-corrected chi connectivity index (χ4v) is 2.70. The zero-order chi connectivity index (χ0) is 20.0. The van der Waals surface area contributed by atoms with Gasteiger partial charge in [0.15, 0.2) is 5.82 Å². The second-order valence-corrected chi connectivity index (χ2v) is 6.48. The lowest BCUT2D eigenvalue weighted by Crippen LogP contribution is -2.13. The van der Waals surface area contributed by atoms with Crippen molar-refractivity contribution in [2.24, 2.45) is 0 Å². The average molecular weight is 381 g/mol. The van der Waals surface area contributed by atoms with Gasteiger partial charge in [0.1, 0.15) is 6.61 Å². The topological polar surface area (TPSA) is 85.1 Å². The van der Waals surface area contributed by atoms with Crippen LogP contribution in [0, 0.1) is 11.3 Å². The van der Waals surface area contributed by atoms with Gasteiger partial charge in [-0.05, 0) is 56.0 Å². The smallest absolute Gasteiger partial charge is 0.332 e. The Morgan fingerprint density at radius 1 is 1.04 bits per heavy atom. The largest absolute Gasteiger partial charge is 0.464 e. The van der Waals surface area contributed by atoms with Crippen LogP contribution < -0.4 is 0 Å². The predicted molar refractivity (Wildman–Crippen MR) is 106 cm³/mol. The Labute approximate surface area is 166 Å². The van der Waals surface area contributed by atoms with E-state index in [0.29, 0.717) is 24.6 Å². The van der Waals surface area contributed by atoms with Gasteiger partial charge in [0.25, 0.3) is 0 Å². The molecule has 0 amide bonds. The quantitative estimate of drug-likeness (QED) is 0.407. The van der Waals surface area contributed by atoms with Gasteiger partial charge < -0.3 is 9.47 Å². The van der Waals surface area contributed by atoms with Gasteiger partial charge >= 0.3 is 5.97 Å². The fourth-order valence-electron chi connectivity index (χ4n) is 2.70. The van der Waals surface area contributed by atoms with E-state index in [1.807, 2.05) is 31.5 Å². The first-order chi connectivity index (χ1) is 13.7. The minimum absolute atomic E-state index is 0.0442. The molecule has 0 N–H and O–H groups in total. The summed E-state index contributed by atoms with van der Waals surface area (Å²) in [7, 11) is 0. The summed E-state index contributed by atoms with van der Waals surface area (Å²) in [5, 5.41) is 8.84. The first-order valence-corrected chi connectivity index (χ1v) is 9.77. The minimum atomic E-state index is -0.286. The van der Waals surface area contributed by atoms with E-state index in [-0.39, 0.29) is 12.6 Å². The molecule has 0 saturated heterocycles. The van der Waals surface area contributed by atoms with Crippen molar-refractivity contribution in [3.05, 3.63) is 47.8 Å². The summed E-state index contributed by atoms with van der Waals surface area (Å²) in [6, 6.07) is 9.37. The number of esters is 1. The molecule has 0 aliphatic heterocycles. The Balaban J connectivity index is 1.58. The number of rotatable bonds is 12. The maximum atomic E-state index is 11.3. The lowest BCUT2D eigenvalue weighted by atomic mass is 10.1. The monoisotopic (exact) mass is 381 g/mol. The summed E-state index contributed by atoms with van der Waals surface area (Å²) in [6.07, 6.45) is 9.98. The number of hydrogen-bond donors (Lipinski definition) is 0. The Morgan fingerprint density at radius 3 is 2.39 bits per heavy atom. The third kappa shape index (κ3) is 7.85. The number of aryl methyl sites for hydroxylation is 1. The van der Waals surface area contributed by atoms with Crippen molar-refractivity contribution in [1.29, 1.82) is 5.26 Å². The first kappa shape index (κ1) is 21.5. The van der Waals surface area contributed by atoms with Crippen molar-refractivity contribution < 1.29 is 14.3 Å². The van der Waals surface area contributed by atoms with Crippen molar-refractivity contribution in [3.8, 4) is 17.5 Å². The van der Waals surface area contributed by atoms with Crippen LogP contribution in [-0.2, 0) is 20.7 Å². The molecule has 0 aliphatic rings. The molecule has 0 spiro atoms. The molecule has 2 rings (SSSR count). The van der Waals surface area contributed by atoms with E-state index >= 15 is 0 Å². The molecule has 0 unspecified atom stereocenters. The van der Waals surface area contributed by atoms with Crippen LogP contribution in [0.2, 0.25) is 0 Å². The van der Waals surface area contributed by atoms with E-state index < -0.39 is 0 Å². The zero-order valence-corrected chi connectivity index (χ0v) is 16.4. The third-order valence-corrected chi connectivity index (χ3v) is 4.27. The van der Waals surface area contributed by atoms with Gasteiger partial charge in [0, 0.05) is 24.6 Å². The lowest BCUT2D eigenvalue weighted by Gasteiger charge is -2.05. The molecule has 1 heterocycles. The van der Waals surface area contributed by atoms with E-state index in [4.69, 9.17) is 14.7 Å². The highest BCUT2D eigenvalue weighted by atomic mass is 16.6. The summed E-state index contributed by atoms with van der Waals surface area (Å²) < 4.78 is 10.1. The molecule has 0 bridgehead atoms. The highest BCUT2D eigenvalue weighted by Gasteiger charge is 2.03. The SMILES string of the molecule is CCOCC(=O)OCCCCCCCc1cnc(-c2ccc(C#N)cc2)nc1. The number of unbranched alkanes of at least 4 members (excludes halogenated alkanes) is 4. The van der Waals surface area contributed by atoms with Crippen LogP contribution in [0.3, 0.4) is 0 Å². The van der Waals surface area contributed by atoms with Gasteiger partial charge in [-0.25, -0.2) is 14.8 Å². The van der Waals surface area contributed by atoms with E-state index in [0.717, 1.165) is 49.7 Å². The molecule has 0 fully saturated rings. The molecule has 0 saturated carbocycles. The second-order valence-electron chi connectivity index (χ2n) is 6.48. The van der Waals surface area contributed by atoms with E-state index in [1.165, 1.54) is 0 Å². The third-order valence-electron chi connectivity index (χ3n) is 4.27. The Kier molecular flexibility index (Phi) is 9.67. The summed E-state index contributed by atoms with van der Waals surface area (Å²) in [4.78, 5) is 20.1. The van der Waals surface area contributed by atoms with Crippen LogP contribution in [0.1, 0.15) is 50.2 Å². The van der Waals surface area contributed by atoms with E-state index in [1.54, 1.807) is 12.1 Å². The first-order valence-electron chi connectivity index (χ1n) is 9.77. The standard InChI is InChI=1S/C22H27N3O3/c1-2-27-17-21(26)28-13-7-5-3-4-6-8-19-15-24-22(25-16-19)20-11-9-18(14-23)10-12-20/h9-12,15-16H,2-8,13,17H2,1H3. The van der Waals surface area contributed by atoms with Crippen LogP contribution >= 0.6 is 0 Å². The number of nitrogens with zero attached hydrogens (tertiary/aromatic N) is 3. The Hall–Kier alpha value is -2.78.